The molecule has 0 aliphatic carbocycles. The molecule has 128 valence electrons. The normalized spacial score (nSPS) is 17.0. The maximum Gasteiger partial charge on any atom is 0.289 e. The molecule has 0 N–H and O–H groups in total. The van der Waals surface area contributed by atoms with Gasteiger partial charge < -0.3 is 14.2 Å². The Morgan fingerprint density at radius 2 is 1.79 bits per heavy atom. The number of furan rings is 1. The predicted molar refractivity (Wildman–Crippen MR) is 93.7 cm³/mol. The molecule has 24 heavy (non-hydrogen) atoms. The van der Waals surface area contributed by atoms with E-state index in [-0.39, 0.29) is 11.7 Å². The molecule has 1 amide bonds. The molecule has 1 aliphatic heterocycles. The summed E-state index contributed by atoms with van der Waals surface area (Å²) in [5, 5.41) is 0.605. The molecule has 0 unspecified atom stereocenters. The van der Waals surface area contributed by atoms with Crippen molar-refractivity contribution in [1.82, 2.24) is 9.80 Å². The topological polar surface area (TPSA) is 53.8 Å². The van der Waals surface area contributed by atoms with E-state index in [1.807, 2.05) is 7.05 Å². The van der Waals surface area contributed by atoms with Crippen LogP contribution in [0, 0.1) is 0 Å². The summed E-state index contributed by atoms with van der Waals surface area (Å²) in [6.07, 6.45) is 0. The Kier molecular flexibility index (Phi) is 5.38. The number of rotatable bonds is 4. The summed E-state index contributed by atoms with van der Waals surface area (Å²) in [5.41, 5.74) is 0. The fourth-order valence-electron chi connectivity index (χ4n) is 2.53. The zero-order valence-electron chi connectivity index (χ0n) is 13.4. The Bertz CT molecular complexity index is 737. The highest BCUT2D eigenvalue weighted by Gasteiger charge is 2.23. The number of carbonyl (C=O) groups is 1. The maximum atomic E-state index is 12.4. The van der Waals surface area contributed by atoms with E-state index in [0.717, 1.165) is 13.1 Å². The van der Waals surface area contributed by atoms with E-state index in [0.29, 0.717) is 34.5 Å². The van der Waals surface area contributed by atoms with Gasteiger partial charge in [0.15, 0.2) is 5.76 Å². The SMILES string of the molecule is CN1CCN(C(=O)c2ccc(C[S@@](=O)c3ccc(Cl)cc3)o2)CC1. The van der Waals surface area contributed by atoms with Gasteiger partial charge in [-0.1, -0.05) is 11.6 Å². The minimum atomic E-state index is -1.24. The standard InChI is InChI=1S/C17H19ClN2O3S/c1-19-8-10-20(11-9-19)17(21)16-7-4-14(23-16)12-24(22)15-5-2-13(18)3-6-15/h2-7H,8-12H2,1H3/t24-/m1/s1. The maximum absolute atomic E-state index is 12.4. The lowest BCUT2D eigenvalue weighted by Gasteiger charge is -2.31. The van der Waals surface area contributed by atoms with Gasteiger partial charge in [-0.05, 0) is 43.4 Å². The number of piperazine rings is 1. The summed E-state index contributed by atoms with van der Waals surface area (Å²) in [7, 11) is 0.805. The fraction of sp³-hybridized carbons (Fsp3) is 0.353. The molecule has 2 heterocycles. The second kappa shape index (κ2) is 7.51. The van der Waals surface area contributed by atoms with E-state index in [4.69, 9.17) is 16.0 Å². The van der Waals surface area contributed by atoms with Gasteiger partial charge in [0.1, 0.15) is 5.76 Å². The van der Waals surface area contributed by atoms with Crippen LogP contribution in [0.25, 0.3) is 0 Å². The van der Waals surface area contributed by atoms with Gasteiger partial charge >= 0.3 is 0 Å². The zero-order valence-corrected chi connectivity index (χ0v) is 15.0. The van der Waals surface area contributed by atoms with E-state index in [9.17, 15) is 9.00 Å². The van der Waals surface area contributed by atoms with Crippen LogP contribution in [0.15, 0.2) is 45.7 Å². The molecule has 5 nitrogen and oxygen atoms in total. The lowest BCUT2D eigenvalue weighted by atomic mass is 10.3. The zero-order chi connectivity index (χ0) is 17.1. The number of hydrogen-bond acceptors (Lipinski definition) is 4. The van der Waals surface area contributed by atoms with Crippen molar-refractivity contribution in [3.05, 3.63) is 52.9 Å². The molecular weight excluding hydrogens is 348 g/mol. The van der Waals surface area contributed by atoms with Crippen LogP contribution in [0.4, 0.5) is 0 Å². The molecule has 0 radical (unpaired) electrons. The third kappa shape index (κ3) is 4.06. The third-order valence-electron chi connectivity index (χ3n) is 4.01. The van der Waals surface area contributed by atoms with Crippen molar-refractivity contribution in [2.75, 3.05) is 33.2 Å². The van der Waals surface area contributed by atoms with E-state index < -0.39 is 10.8 Å². The molecule has 3 rings (SSSR count). The summed E-state index contributed by atoms with van der Waals surface area (Å²) < 4.78 is 18.0. The Morgan fingerprint density at radius 3 is 2.46 bits per heavy atom. The van der Waals surface area contributed by atoms with Crippen molar-refractivity contribution in [2.24, 2.45) is 0 Å². The highest BCUT2D eigenvalue weighted by molar-refractivity contribution is 7.84. The number of carbonyl (C=O) groups excluding carboxylic acids is 1. The number of hydrogen-bond donors (Lipinski definition) is 0. The predicted octanol–water partition coefficient (Wildman–Crippen LogP) is 2.63. The van der Waals surface area contributed by atoms with Crippen molar-refractivity contribution >= 4 is 28.3 Å². The summed E-state index contributed by atoms with van der Waals surface area (Å²) in [6.45, 7) is 3.12. The first-order valence-corrected chi connectivity index (χ1v) is 9.43. The first kappa shape index (κ1) is 17.2. The average Bonchev–Trinajstić information content (AvgIpc) is 3.04. The van der Waals surface area contributed by atoms with E-state index in [1.54, 1.807) is 41.3 Å². The molecule has 0 saturated carbocycles. The highest BCUT2D eigenvalue weighted by Crippen LogP contribution is 2.18. The van der Waals surface area contributed by atoms with Gasteiger partial charge in [-0.2, -0.15) is 0 Å². The molecule has 1 saturated heterocycles. The van der Waals surface area contributed by atoms with Gasteiger partial charge in [0.25, 0.3) is 5.91 Å². The van der Waals surface area contributed by atoms with E-state index in [1.165, 1.54) is 0 Å². The monoisotopic (exact) mass is 366 g/mol. The summed E-state index contributed by atoms with van der Waals surface area (Å²) in [6, 6.07) is 10.3. The van der Waals surface area contributed by atoms with Crippen molar-refractivity contribution in [2.45, 2.75) is 10.6 Å². The van der Waals surface area contributed by atoms with Crippen molar-refractivity contribution in [1.29, 1.82) is 0 Å². The van der Waals surface area contributed by atoms with Crippen LogP contribution >= 0.6 is 11.6 Å². The number of halogens is 1. The molecule has 7 heteroatoms. The molecule has 1 aromatic carbocycles. The summed E-state index contributed by atoms with van der Waals surface area (Å²) in [4.78, 5) is 17.1. The molecule has 1 atom stereocenters. The van der Waals surface area contributed by atoms with Crippen LogP contribution in [0.5, 0.6) is 0 Å². The van der Waals surface area contributed by atoms with E-state index >= 15 is 0 Å². The van der Waals surface area contributed by atoms with Gasteiger partial charge in [0.05, 0.1) is 16.6 Å². The quantitative estimate of drug-likeness (QED) is 0.834. The summed E-state index contributed by atoms with van der Waals surface area (Å²) in [5.74, 6) is 0.979. The van der Waals surface area contributed by atoms with Crippen LogP contribution in [0.3, 0.4) is 0 Å². The molecule has 1 fully saturated rings. The second-order valence-electron chi connectivity index (χ2n) is 5.81. The number of amides is 1. The Balaban J connectivity index is 1.63. The minimum absolute atomic E-state index is 0.105. The molecule has 0 bridgehead atoms. The van der Waals surface area contributed by atoms with Gasteiger partial charge in [0, 0.05) is 36.1 Å². The van der Waals surface area contributed by atoms with Crippen LogP contribution in [0.2, 0.25) is 5.02 Å². The fourth-order valence-corrected chi connectivity index (χ4v) is 3.68. The van der Waals surface area contributed by atoms with Crippen molar-refractivity contribution in [3.8, 4) is 0 Å². The summed E-state index contributed by atoms with van der Waals surface area (Å²) >= 11 is 5.83. The van der Waals surface area contributed by atoms with Gasteiger partial charge in [0.2, 0.25) is 0 Å². The first-order chi connectivity index (χ1) is 11.5. The molecule has 2 aromatic rings. The Hall–Kier alpha value is -1.63. The van der Waals surface area contributed by atoms with Gasteiger partial charge in [-0.3, -0.25) is 9.00 Å². The molecular formula is C17H19ClN2O3S. The number of nitrogens with zero attached hydrogens (tertiary/aromatic N) is 2. The first-order valence-electron chi connectivity index (χ1n) is 7.73. The lowest BCUT2D eigenvalue weighted by Crippen LogP contribution is -2.47. The Labute approximate surface area is 148 Å². The highest BCUT2D eigenvalue weighted by atomic mass is 35.5. The Morgan fingerprint density at radius 1 is 1.12 bits per heavy atom. The number of likely N-dealkylation sites (N-methyl/N-ethyl adjacent to an activating group) is 1. The molecule has 1 aliphatic rings. The van der Waals surface area contributed by atoms with Crippen molar-refractivity contribution < 1.29 is 13.4 Å². The lowest BCUT2D eigenvalue weighted by molar-refractivity contribution is 0.0631. The van der Waals surface area contributed by atoms with Crippen LogP contribution in [-0.2, 0) is 16.6 Å². The molecule has 1 aromatic heterocycles. The van der Waals surface area contributed by atoms with Crippen molar-refractivity contribution in [3.63, 3.8) is 0 Å². The van der Waals surface area contributed by atoms with Gasteiger partial charge in [-0.25, -0.2) is 0 Å². The van der Waals surface area contributed by atoms with Crippen LogP contribution in [0.1, 0.15) is 16.3 Å². The second-order valence-corrected chi connectivity index (χ2v) is 7.69. The van der Waals surface area contributed by atoms with E-state index in [2.05, 4.69) is 4.90 Å². The average molecular weight is 367 g/mol. The smallest absolute Gasteiger partial charge is 0.289 e. The number of benzene rings is 1. The van der Waals surface area contributed by atoms with Crippen LogP contribution in [-0.4, -0.2) is 53.1 Å². The van der Waals surface area contributed by atoms with Crippen LogP contribution < -0.4 is 0 Å². The largest absolute Gasteiger partial charge is 0.455 e. The third-order valence-corrected chi connectivity index (χ3v) is 5.61. The minimum Gasteiger partial charge on any atom is -0.455 e. The molecule has 0 spiro atoms. The van der Waals surface area contributed by atoms with Gasteiger partial charge in [-0.15, -0.1) is 0 Å².